The first kappa shape index (κ1) is 12.1. The van der Waals surface area contributed by atoms with Gasteiger partial charge in [-0.05, 0) is 29.4 Å². The third-order valence-electron chi connectivity index (χ3n) is 2.80. The second-order valence-electron chi connectivity index (χ2n) is 4.18. The number of anilines is 1. The molecule has 1 unspecified atom stereocenters. The van der Waals surface area contributed by atoms with Crippen molar-refractivity contribution in [2.24, 2.45) is 0 Å². The van der Waals surface area contributed by atoms with E-state index in [-0.39, 0.29) is 17.6 Å². The van der Waals surface area contributed by atoms with Crippen molar-refractivity contribution in [3.8, 4) is 0 Å². The van der Waals surface area contributed by atoms with Crippen molar-refractivity contribution in [1.82, 2.24) is 30.2 Å². The van der Waals surface area contributed by atoms with Gasteiger partial charge in [0.15, 0.2) is 11.5 Å². The first-order valence-electron chi connectivity index (χ1n) is 5.85. The van der Waals surface area contributed by atoms with Gasteiger partial charge in [-0.2, -0.15) is 0 Å². The van der Waals surface area contributed by atoms with E-state index in [9.17, 15) is 4.79 Å². The molecule has 102 valence electrons. The second kappa shape index (κ2) is 4.61. The summed E-state index contributed by atoms with van der Waals surface area (Å²) in [4.78, 5) is 12.0. The normalized spacial score (nSPS) is 12.4. The van der Waals surface area contributed by atoms with Gasteiger partial charge < -0.3 is 11.1 Å². The molecule has 9 nitrogen and oxygen atoms in total. The van der Waals surface area contributed by atoms with Gasteiger partial charge in [0, 0.05) is 6.20 Å². The van der Waals surface area contributed by atoms with Crippen LogP contribution in [0.5, 0.6) is 0 Å². The van der Waals surface area contributed by atoms with Crippen molar-refractivity contribution in [2.75, 3.05) is 5.73 Å². The lowest BCUT2D eigenvalue weighted by Gasteiger charge is -2.10. The van der Waals surface area contributed by atoms with Gasteiger partial charge in [-0.1, -0.05) is 6.07 Å². The third kappa shape index (κ3) is 1.94. The van der Waals surface area contributed by atoms with Crippen LogP contribution in [0.4, 0.5) is 5.82 Å². The molecule has 3 aromatic heterocycles. The van der Waals surface area contributed by atoms with Crippen molar-refractivity contribution in [1.29, 1.82) is 0 Å². The van der Waals surface area contributed by atoms with Crippen LogP contribution >= 0.6 is 0 Å². The van der Waals surface area contributed by atoms with Crippen LogP contribution in [0.3, 0.4) is 0 Å². The minimum atomic E-state index is -0.482. The minimum absolute atomic E-state index is 0.0503. The van der Waals surface area contributed by atoms with Crippen molar-refractivity contribution >= 4 is 17.4 Å². The standard InChI is InChI=1S/C11H11N7O2/c1-6(13-11(19)8-9(12)17-20-16-8)10-15-14-7-4-2-3-5-18(7)10/h2-6H,1H3,(H2,12,17)(H,13,19). The van der Waals surface area contributed by atoms with Gasteiger partial charge in [-0.3, -0.25) is 9.20 Å². The Labute approximate surface area is 112 Å². The summed E-state index contributed by atoms with van der Waals surface area (Å²) < 4.78 is 6.18. The van der Waals surface area contributed by atoms with E-state index in [4.69, 9.17) is 5.73 Å². The molecule has 3 rings (SSSR count). The zero-order valence-corrected chi connectivity index (χ0v) is 10.5. The fourth-order valence-electron chi connectivity index (χ4n) is 1.84. The molecule has 0 radical (unpaired) electrons. The average Bonchev–Trinajstić information content (AvgIpc) is 3.04. The number of nitrogens with two attached hydrogens (primary N) is 1. The lowest BCUT2D eigenvalue weighted by atomic mass is 10.3. The van der Waals surface area contributed by atoms with Gasteiger partial charge in [0.1, 0.15) is 0 Å². The summed E-state index contributed by atoms with van der Waals surface area (Å²) in [5.74, 6) is 0.0636. The predicted molar refractivity (Wildman–Crippen MR) is 67.6 cm³/mol. The van der Waals surface area contributed by atoms with E-state index in [0.29, 0.717) is 11.5 Å². The van der Waals surface area contributed by atoms with Gasteiger partial charge in [0.2, 0.25) is 11.5 Å². The Morgan fingerprint density at radius 3 is 3.00 bits per heavy atom. The number of hydrogen-bond acceptors (Lipinski definition) is 7. The first-order chi connectivity index (χ1) is 9.66. The van der Waals surface area contributed by atoms with Crippen molar-refractivity contribution in [3.05, 3.63) is 35.9 Å². The molecule has 3 aromatic rings. The summed E-state index contributed by atoms with van der Waals surface area (Å²) in [5, 5.41) is 17.6. The molecule has 0 aliphatic heterocycles. The number of amides is 1. The van der Waals surface area contributed by atoms with Crippen LogP contribution < -0.4 is 11.1 Å². The highest BCUT2D eigenvalue weighted by atomic mass is 16.6. The Hall–Kier alpha value is -2.97. The highest BCUT2D eigenvalue weighted by Crippen LogP contribution is 2.13. The van der Waals surface area contributed by atoms with Crippen molar-refractivity contribution in [3.63, 3.8) is 0 Å². The summed E-state index contributed by atoms with van der Waals surface area (Å²) >= 11 is 0. The number of rotatable bonds is 3. The lowest BCUT2D eigenvalue weighted by molar-refractivity contribution is 0.0929. The molecule has 20 heavy (non-hydrogen) atoms. The zero-order chi connectivity index (χ0) is 14.1. The summed E-state index contributed by atoms with van der Waals surface area (Å²) in [7, 11) is 0. The van der Waals surface area contributed by atoms with E-state index in [2.05, 4.69) is 30.5 Å². The van der Waals surface area contributed by atoms with E-state index in [1.54, 1.807) is 11.3 Å². The molecule has 0 bridgehead atoms. The molecule has 9 heteroatoms. The summed E-state index contributed by atoms with van der Waals surface area (Å²) in [5.41, 5.74) is 6.11. The maximum Gasteiger partial charge on any atom is 0.278 e. The smallest absolute Gasteiger partial charge is 0.278 e. The topological polar surface area (TPSA) is 124 Å². The van der Waals surface area contributed by atoms with E-state index in [0.717, 1.165) is 0 Å². The molecule has 3 heterocycles. The average molecular weight is 273 g/mol. The fourth-order valence-corrected chi connectivity index (χ4v) is 1.84. The van der Waals surface area contributed by atoms with Crippen LogP contribution in [0, 0.1) is 0 Å². The van der Waals surface area contributed by atoms with Gasteiger partial charge >= 0.3 is 0 Å². The number of hydrogen-bond donors (Lipinski definition) is 2. The zero-order valence-electron chi connectivity index (χ0n) is 10.5. The molecule has 1 amide bonds. The van der Waals surface area contributed by atoms with Crippen LogP contribution in [0.25, 0.3) is 5.65 Å². The Bertz CT molecular complexity index is 763. The predicted octanol–water partition coefficient (Wildman–Crippen LogP) is 0.185. The SMILES string of the molecule is CC(NC(=O)c1nonc1N)c1nnc2ccccn12. The molecule has 0 aliphatic rings. The minimum Gasteiger partial charge on any atom is -0.379 e. The molecular formula is C11H11N7O2. The molecule has 0 saturated carbocycles. The number of nitrogen functional groups attached to an aromatic ring is 1. The monoisotopic (exact) mass is 273 g/mol. The number of nitrogens with zero attached hydrogens (tertiary/aromatic N) is 5. The summed E-state index contributed by atoms with van der Waals surface area (Å²) in [6.45, 7) is 1.78. The molecule has 1 atom stereocenters. The molecule has 0 aromatic carbocycles. The van der Waals surface area contributed by atoms with Crippen LogP contribution in [0.15, 0.2) is 29.0 Å². The van der Waals surface area contributed by atoms with Gasteiger partial charge in [-0.15, -0.1) is 10.2 Å². The maximum absolute atomic E-state index is 12.0. The number of carbonyl (C=O) groups is 1. The van der Waals surface area contributed by atoms with Crippen molar-refractivity contribution < 1.29 is 9.42 Å². The highest BCUT2D eigenvalue weighted by Gasteiger charge is 2.21. The molecule has 0 fully saturated rings. The highest BCUT2D eigenvalue weighted by molar-refractivity contribution is 5.96. The van der Waals surface area contributed by atoms with Crippen LogP contribution in [-0.2, 0) is 0 Å². The van der Waals surface area contributed by atoms with Crippen molar-refractivity contribution in [2.45, 2.75) is 13.0 Å². The molecular weight excluding hydrogens is 262 g/mol. The molecule has 3 N–H and O–H groups in total. The number of aromatic nitrogens is 5. The Morgan fingerprint density at radius 2 is 2.25 bits per heavy atom. The molecule has 0 aliphatic carbocycles. The summed E-state index contributed by atoms with van der Waals surface area (Å²) in [6, 6.07) is 5.16. The quantitative estimate of drug-likeness (QED) is 0.697. The van der Waals surface area contributed by atoms with E-state index >= 15 is 0 Å². The Balaban J connectivity index is 1.85. The number of fused-ring (bicyclic) bond motifs is 1. The number of pyridine rings is 1. The third-order valence-corrected chi connectivity index (χ3v) is 2.80. The van der Waals surface area contributed by atoms with E-state index in [1.165, 1.54) is 0 Å². The largest absolute Gasteiger partial charge is 0.379 e. The van der Waals surface area contributed by atoms with Crippen LogP contribution in [0.1, 0.15) is 29.3 Å². The Morgan fingerprint density at radius 1 is 1.40 bits per heavy atom. The molecule has 0 saturated heterocycles. The van der Waals surface area contributed by atoms with E-state index < -0.39 is 5.91 Å². The van der Waals surface area contributed by atoms with Gasteiger partial charge in [-0.25, -0.2) is 4.63 Å². The van der Waals surface area contributed by atoms with E-state index in [1.807, 2.05) is 24.4 Å². The fraction of sp³-hybridized carbons (Fsp3) is 0.182. The summed E-state index contributed by atoms with van der Waals surface area (Å²) in [6.07, 6.45) is 1.82. The van der Waals surface area contributed by atoms with Gasteiger partial charge in [0.05, 0.1) is 6.04 Å². The molecule has 0 spiro atoms. The van der Waals surface area contributed by atoms with Gasteiger partial charge in [0.25, 0.3) is 5.91 Å². The number of nitrogens with one attached hydrogen (secondary N) is 1. The Kier molecular flexibility index (Phi) is 2.78. The maximum atomic E-state index is 12.0. The van der Waals surface area contributed by atoms with Crippen LogP contribution in [0.2, 0.25) is 0 Å². The first-order valence-corrected chi connectivity index (χ1v) is 5.85. The second-order valence-corrected chi connectivity index (χ2v) is 4.18. The lowest BCUT2D eigenvalue weighted by Crippen LogP contribution is -2.28. The van der Waals surface area contributed by atoms with Crippen LogP contribution in [-0.4, -0.2) is 30.8 Å². The number of carbonyl (C=O) groups excluding carboxylic acids is 1.